The molecule has 0 fully saturated rings. The van der Waals surface area contributed by atoms with Gasteiger partial charge in [-0.05, 0) is 49.2 Å². The van der Waals surface area contributed by atoms with Crippen LogP contribution in [0.5, 0.6) is 0 Å². The topological polar surface area (TPSA) is 166 Å². The van der Waals surface area contributed by atoms with E-state index in [-0.39, 0.29) is 45.2 Å². The van der Waals surface area contributed by atoms with Gasteiger partial charge in [0.1, 0.15) is 18.3 Å². The smallest absolute Gasteiger partial charge is 0.305 e. The Bertz CT molecular complexity index is 1580. The van der Waals surface area contributed by atoms with Gasteiger partial charge in [0.15, 0.2) is 0 Å². The summed E-state index contributed by atoms with van der Waals surface area (Å²) in [6, 6.07) is 11.7. The van der Waals surface area contributed by atoms with Crippen molar-refractivity contribution in [3.05, 3.63) is 48.0 Å². The van der Waals surface area contributed by atoms with Crippen molar-refractivity contribution in [3.8, 4) is 0 Å². The first-order chi connectivity index (χ1) is 21.7. The van der Waals surface area contributed by atoms with Crippen LogP contribution < -0.4 is 9.80 Å². The minimum absolute atomic E-state index is 0.00905. The second kappa shape index (κ2) is 16.2. The number of aryl methyl sites for hydroxylation is 4. The lowest BCUT2D eigenvalue weighted by molar-refractivity contribution is -0.143. The van der Waals surface area contributed by atoms with Crippen molar-refractivity contribution in [3.63, 3.8) is 0 Å². The summed E-state index contributed by atoms with van der Waals surface area (Å²) in [6.07, 6.45) is 2.61. The summed E-state index contributed by atoms with van der Waals surface area (Å²) in [5, 5.41) is 37.3. The number of aliphatic carboxylic acids is 1. The average Bonchev–Trinajstić information content (AvgIpc) is 3.51. The highest BCUT2D eigenvalue weighted by molar-refractivity contribution is 5.81. The molecule has 0 aliphatic heterocycles. The number of benzene rings is 2. The molecule has 4 aromatic rings. The number of fused-ring (bicyclic) bond motifs is 2. The van der Waals surface area contributed by atoms with Gasteiger partial charge >= 0.3 is 11.9 Å². The predicted octanol–water partition coefficient (Wildman–Crippen LogP) is 2.02. The second-order valence-corrected chi connectivity index (χ2v) is 11.0. The minimum Gasteiger partial charge on any atom is -0.481 e. The molecule has 13 nitrogen and oxygen atoms in total. The number of aromatic nitrogens is 4. The van der Waals surface area contributed by atoms with E-state index in [4.69, 9.17) is 14.8 Å². The van der Waals surface area contributed by atoms with Crippen molar-refractivity contribution < 1.29 is 34.8 Å². The van der Waals surface area contributed by atoms with E-state index in [0.717, 1.165) is 45.1 Å². The highest BCUT2D eigenvalue weighted by Crippen LogP contribution is 2.25. The molecule has 0 saturated carbocycles. The zero-order chi connectivity index (χ0) is 32.3. The van der Waals surface area contributed by atoms with E-state index in [9.17, 15) is 24.9 Å². The van der Waals surface area contributed by atoms with Crippen molar-refractivity contribution in [1.29, 1.82) is 0 Å². The molecule has 4 rings (SSSR count). The second-order valence-electron chi connectivity index (χ2n) is 11.0. The molecule has 244 valence electrons. The largest absolute Gasteiger partial charge is 0.481 e. The Morgan fingerprint density at radius 2 is 1.20 bits per heavy atom. The number of aliphatic hydroxyl groups excluding tert-OH is 3. The molecule has 2 aromatic heterocycles. The standard InChI is InChI=1S/C32H44N6O7/c1-35-28-22-24(10-12-26(28)33-29(35)5-3-7-31(42)43)38(15-19-41)16-20-45-32(44)8-4-6-30-34-25-11-9-23(21-27(25)36(30)2)37(13-17-39)14-18-40/h9-12,21-22,39-41H,3-8,13-20H2,1-2H3,(H,42,43). The van der Waals surface area contributed by atoms with Crippen LogP contribution in [0.3, 0.4) is 0 Å². The van der Waals surface area contributed by atoms with E-state index < -0.39 is 5.97 Å². The fraction of sp³-hybridized carbons (Fsp3) is 0.500. The molecule has 0 spiro atoms. The monoisotopic (exact) mass is 624 g/mol. The number of carboxylic acid groups (broad SMARTS) is 1. The van der Waals surface area contributed by atoms with E-state index in [1.165, 1.54) is 0 Å². The van der Waals surface area contributed by atoms with Crippen LogP contribution in [0.2, 0.25) is 0 Å². The van der Waals surface area contributed by atoms with Gasteiger partial charge in [-0.1, -0.05) is 0 Å². The fourth-order valence-electron chi connectivity index (χ4n) is 5.53. The van der Waals surface area contributed by atoms with Crippen molar-refractivity contribution in [2.24, 2.45) is 14.1 Å². The number of carbonyl (C=O) groups excluding carboxylic acids is 1. The molecular weight excluding hydrogens is 580 g/mol. The van der Waals surface area contributed by atoms with Gasteiger partial charge in [0.2, 0.25) is 0 Å². The van der Waals surface area contributed by atoms with Gasteiger partial charge in [-0.25, -0.2) is 9.97 Å². The van der Waals surface area contributed by atoms with Crippen molar-refractivity contribution >= 4 is 45.4 Å². The maximum Gasteiger partial charge on any atom is 0.305 e. The molecule has 13 heteroatoms. The summed E-state index contributed by atoms with van der Waals surface area (Å²) in [4.78, 5) is 36.7. The highest BCUT2D eigenvalue weighted by atomic mass is 16.5. The van der Waals surface area contributed by atoms with Gasteiger partial charge in [-0.3, -0.25) is 9.59 Å². The molecule has 0 amide bonds. The van der Waals surface area contributed by atoms with E-state index in [1.807, 2.05) is 69.4 Å². The van der Waals surface area contributed by atoms with Gasteiger partial charge in [-0.15, -0.1) is 0 Å². The van der Waals surface area contributed by atoms with E-state index >= 15 is 0 Å². The molecule has 2 aromatic carbocycles. The van der Waals surface area contributed by atoms with Crippen LogP contribution in [0.25, 0.3) is 22.1 Å². The molecule has 0 radical (unpaired) electrons. The van der Waals surface area contributed by atoms with Crippen LogP contribution in [0, 0.1) is 0 Å². The van der Waals surface area contributed by atoms with Crippen LogP contribution in [-0.2, 0) is 41.3 Å². The normalized spacial score (nSPS) is 11.4. The summed E-state index contributed by atoms with van der Waals surface area (Å²) < 4.78 is 9.50. The molecule has 0 atom stereocenters. The number of hydrogen-bond acceptors (Lipinski definition) is 10. The Labute approximate surface area is 262 Å². The summed E-state index contributed by atoms with van der Waals surface area (Å²) in [5.74, 6) is 0.556. The Morgan fingerprint density at radius 1 is 0.733 bits per heavy atom. The van der Waals surface area contributed by atoms with Crippen molar-refractivity contribution in [1.82, 2.24) is 19.1 Å². The van der Waals surface area contributed by atoms with E-state index in [2.05, 4.69) is 4.98 Å². The highest BCUT2D eigenvalue weighted by Gasteiger charge is 2.15. The number of imidazole rings is 2. The van der Waals surface area contributed by atoms with E-state index in [0.29, 0.717) is 51.9 Å². The third-order valence-electron chi connectivity index (χ3n) is 7.95. The molecule has 0 saturated heterocycles. The predicted molar refractivity (Wildman–Crippen MR) is 172 cm³/mol. The molecule has 0 bridgehead atoms. The number of carboxylic acids is 1. The van der Waals surface area contributed by atoms with Crippen LogP contribution in [-0.4, -0.2) is 104 Å². The van der Waals surface area contributed by atoms with Gasteiger partial charge < -0.3 is 44.1 Å². The number of anilines is 2. The summed E-state index contributed by atoms with van der Waals surface area (Å²) in [7, 11) is 3.85. The molecule has 2 heterocycles. The molecule has 0 aliphatic carbocycles. The first-order valence-electron chi connectivity index (χ1n) is 15.4. The minimum atomic E-state index is -0.824. The van der Waals surface area contributed by atoms with Crippen molar-refractivity contribution in [2.75, 3.05) is 62.4 Å². The summed E-state index contributed by atoms with van der Waals surface area (Å²) in [6.45, 7) is 1.74. The summed E-state index contributed by atoms with van der Waals surface area (Å²) in [5.41, 5.74) is 5.27. The number of carbonyl (C=O) groups is 2. The van der Waals surface area contributed by atoms with Crippen LogP contribution in [0.15, 0.2) is 36.4 Å². The van der Waals surface area contributed by atoms with Crippen molar-refractivity contribution in [2.45, 2.75) is 38.5 Å². The average molecular weight is 625 g/mol. The van der Waals surface area contributed by atoms with Crippen LogP contribution in [0.1, 0.15) is 37.3 Å². The SMILES string of the molecule is Cn1c(CCCC(=O)O)nc2ccc(N(CCO)CCOC(=O)CCCc3nc4ccc(N(CCO)CCO)cc4n3C)cc21. The number of nitrogens with zero attached hydrogens (tertiary/aromatic N) is 6. The Morgan fingerprint density at radius 3 is 1.67 bits per heavy atom. The number of ether oxygens (including phenoxy) is 1. The molecule has 0 aliphatic rings. The van der Waals surface area contributed by atoms with E-state index in [1.54, 1.807) is 0 Å². The Balaban J connectivity index is 1.29. The number of hydrogen-bond donors (Lipinski definition) is 4. The third-order valence-corrected chi connectivity index (χ3v) is 7.95. The first kappa shape index (κ1) is 33.7. The lowest BCUT2D eigenvalue weighted by atomic mass is 10.2. The molecule has 4 N–H and O–H groups in total. The van der Waals surface area contributed by atoms with Gasteiger partial charge in [-0.2, -0.15) is 0 Å². The zero-order valence-electron chi connectivity index (χ0n) is 26.1. The van der Waals surface area contributed by atoms with Gasteiger partial charge in [0, 0.05) is 70.8 Å². The zero-order valence-corrected chi connectivity index (χ0v) is 26.1. The lowest BCUT2D eigenvalue weighted by Crippen LogP contribution is -2.31. The van der Waals surface area contributed by atoms with Crippen LogP contribution in [0.4, 0.5) is 11.4 Å². The fourth-order valence-corrected chi connectivity index (χ4v) is 5.53. The quantitative estimate of drug-likeness (QED) is 0.113. The maximum absolute atomic E-state index is 12.5. The third kappa shape index (κ3) is 8.71. The Kier molecular flexibility index (Phi) is 12.1. The molecular formula is C32H44N6O7. The van der Waals surface area contributed by atoms with Crippen LogP contribution >= 0.6 is 0 Å². The maximum atomic E-state index is 12.5. The number of aliphatic hydroxyl groups is 3. The number of rotatable bonds is 19. The van der Waals surface area contributed by atoms with Gasteiger partial charge in [0.05, 0.1) is 48.4 Å². The first-order valence-corrected chi connectivity index (χ1v) is 15.4. The number of esters is 1. The lowest BCUT2D eigenvalue weighted by Gasteiger charge is -2.24. The molecule has 45 heavy (non-hydrogen) atoms. The van der Waals surface area contributed by atoms with Gasteiger partial charge in [0.25, 0.3) is 0 Å². The summed E-state index contributed by atoms with van der Waals surface area (Å²) >= 11 is 0. The Hall–Kier alpha value is -4.20. The molecule has 0 unspecified atom stereocenters.